The average Bonchev–Trinajstić information content (AvgIpc) is 3.13. The molecule has 1 aromatic carbocycles. The second kappa shape index (κ2) is 11.6. The summed E-state index contributed by atoms with van der Waals surface area (Å²) in [6, 6.07) is 8.44. The highest BCUT2D eigenvalue weighted by molar-refractivity contribution is 7.11. The van der Waals surface area contributed by atoms with Crippen LogP contribution in [0.3, 0.4) is 0 Å². The number of guanidine groups is 1. The smallest absolute Gasteiger partial charge is 0.191 e. The Hall–Kier alpha value is -1.92. The zero-order chi connectivity index (χ0) is 18.6. The molecule has 0 radical (unpaired) electrons. The van der Waals surface area contributed by atoms with Gasteiger partial charge in [0.1, 0.15) is 0 Å². The fraction of sp³-hybridized carbons (Fsp3) is 0.500. The van der Waals surface area contributed by atoms with Gasteiger partial charge >= 0.3 is 0 Å². The van der Waals surface area contributed by atoms with Crippen molar-refractivity contribution in [3.63, 3.8) is 0 Å². The Kier molecular flexibility index (Phi) is 9.14. The SMILES string of the molecule is CCNC(=NCc1ccc(COCC)cc1)NCCc1ncc(CC)s1. The molecule has 0 saturated heterocycles. The van der Waals surface area contributed by atoms with E-state index in [1.54, 1.807) is 11.3 Å². The molecule has 0 aliphatic rings. The first-order valence-electron chi connectivity index (χ1n) is 9.36. The van der Waals surface area contributed by atoms with Crippen LogP contribution in [0.25, 0.3) is 0 Å². The Morgan fingerprint density at radius 1 is 1.12 bits per heavy atom. The van der Waals surface area contributed by atoms with Crippen LogP contribution in [0.15, 0.2) is 35.5 Å². The minimum Gasteiger partial charge on any atom is -0.377 e. The summed E-state index contributed by atoms with van der Waals surface area (Å²) in [5.74, 6) is 0.846. The molecule has 0 saturated carbocycles. The second-order valence-corrected chi connectivity index (χ2v) is 7.10. The van der Waals surface area contributed by atoms with Crippen molar-refractivity contribution in [3.8, 4) is 0 Å². The molecule has 2 aromatic rings. The Bertz CT molecular complexity index is 667. The minimum absolute atomic E-state index is 0.654. The van der Waals surface area contributed by atoms with Crippen LogP contribution in [0.4, 0.5) is 0 Å². The third-order valence-electron chi connectivity index (χ3n) is 3.84. The summed E-state index contributed by atoms with van der Waals surface area (Å²) >= 11 is 1.79. The molecule has 5 nitrogen and oxygen atoms in total. The third kappa shape index (κ3) is 7.14. The Morgan fingerprint density at radius 3 is 2.54 bits per heavy atom. The van der Waals surface area contributed by atoms with E-state index in [1.165, 1.54) is 21.0 Å². The van der Waals surface area contributed by atoms with Gasteiger partial charge in [0, 0.05) is 37.2 Å². The molecule has 0 bridgehead atoms. The van der Waals surface area contributed by atoms with Crippen LogP contribution < -0.4 is 10.6 Å². The van der Waals surface area contributed by atoms with Crippen molar-refractivity contribution in [3.05, 3.63) is 51.5 Å². The highest BCUT2D eigenvalue weighted by Crippen LogP contribution is 2.13. The number of aryl methyl sites for hydroxylation is 1. The van der Waals surface area contributed by atoms with Gasteiger partial charge in [-0.15, -0.1) is 11.3 Å². The number of thiazole rings is 1. The lowest BCUT2D eigenvalue weighted by Gasteiger charge is -2.11. The zero-order valence-corrected chi connectivity index (χ0v) is 16.9. The number of aliphatic imine (C=N–C) groups is 1. The first-order chi connectivity index (χ1) is 12.7. The summed E-state index contributed by atoms with van der Waals surface area (Å²) in [7, 11) is 0. The molecule has 0 spiro atoms. The molecule has 0 unspecified atom stereocenters. The van der Waals surface area contributed by atoms with Gasteiger partial charge < -0.3 is 15.4 Å². The molecule has 1 heterocycles. The number of nitrogens with zero attached hydrogens (tertiary/aromatic N) is 2. The third-order valence-corrected chi connectivity index (χ3v) is 5.04. The standard InChI is InChI=1S/C20H30N4OS/c1-4-18-14-23-19(26-18)11-12-22-20(21-5-2)24-13-16-7-9-17(10-8-16)15-25-6-3/h7-10,14H,4-6,11-13,15H2,1-3H3,(H2,21,22,24). The lowest BCUT2D eigenvalue weighted by molar-refractivity contribution is 0.134. The highest BCUT2D eigenvalue weighted by atomic mass is 32.1. The normalized spacial score (nSPS) is 11.6. The van der Waals surface area contributed by atoms with Crippen LogP contribution in [0.1, 0.15) is 41.8 Å². The van der Waals surface area contributed by atoms with Gasteiger partial charge in [0.15, 0.2) is 5.96 Å². The van der Waals surface area contributed by atoms with Gasteiger partial charge in [0.25, 0.3) is 0 Å². The molecule has 0 atom stereocenters. The van der Waals surface area contributed by atoms with E-state index in [4.69, 9.17) is 4.74 Å². The van der Waals surface area contributed by atoms with Crippen LogP contribution in [-0.4, -0.2) is 30.6 Å². The first kappa shape index (κ1) is 20.4. The molecule has 0 amide bonds. The van der Waals surface area contributed by atoms with E-state index in [1.807, 2.05) is 13.1 Å². The predicted molar refractivity (Wildman–Crippen MR) is 110 cm³/mol. The van der Waals surface area contributed by atoms with Crippen LogP contribution in [0, 0.1) is 0 Å². The maximum Gasteiger partial charge on any atom is 0.191 e. The topological polar surface area (TPSA) is 58.5 Å². The first-order valence-corrected chi connectivity index (χ1v) is 10.2. The fourth-order valence-corrected chi connectivity index (χ4v) is 3.25. The van der Waals surface area contributed by atoms with Crippen LogP contribution >= 0.6 is 11.3 Å². The summed E-state index contributed by atoms with van der Waals surface area (Å²) in [6.07, 6.45) is 3.95. The molecular formula is C20H30N4OS. The van der Waals surface area contributed by atoms with Crippen LogP contribution in [0.2, 0.25) is 0 Å². The highest BCUT2D eigenvalue weighted by Gasteiger charge is 2.02. The van der Waals surface area contributed by atoms with Crippen LogP contribution in [-0.2, 0) is 30.7 Å². The van der Waals surface area contributed by atoms with E-state index in [0.29, 0.717) is 13.2 Å². The number of benzene rings is 1. The number of ether oxygens (including phenoxy) is 1. The Labute approximate surface area is 160 Å². The number of nitrogens with one attached hydrogen (secondary N) is 2. The van der Waals surface area contributed by atoms with Gasteiger partial charge in [-0.2, -0.15) is 0 Å². The van der Waals surface area contributed by atoms with Gasteiger partial charge in [0.05, 0.1) is 18.2 Å². The van der Waals surface area contributed by atoms with E-state index in [-0.39, 0.29) is 0 Å². The molecule has 2 N–H and O–H groups in total. The molecule has 142 valence electrons. The van der Waals surface area contributed by atoms with Crippen molar-refractivity contribution in [2.24, 2.45) is 4.99 Å². The fourth-order valence-electron chi connectivity index (χ4n) is 2.39. The van der Waals surface area contributed by atoms with E-state index in [9.17, 15) is 0 Å². The van der Waals surface area contributed by atoms with Crippen molar-refractivity contribution in [1.82, 2.24) is 15.6 Å². The Balaban J connectivity index is 1.83. The monoisotopic (exact) mass is 374 g/mol. The number of aromatic nitrogens is 1. The molecule has 6 heteroatoms. The quantitative estimate of drug-likeness (QED) is 0.493. The van der Waals surface area contributed by atoms with E-state index in [2.05, 4.69) is 58.7 Å². The summed E-state index contributed by atoms with van der Waals surface area (Å²) in [5.41, 5.74) is 2.38. The maximum absolute atomic E-state index is 5.43. The summed E-state index contributed by atoms with van der Waals surface area (Å²) in [4.78, 5) is 10.5. The lowest BCUT2D eigenvalue weighted by Crippen LogP contribution is -2.38. The molecule has 26 heavy (non-hydrogen) atoms. The van der Waals surface area contributed by atoms with Crippen molar-refractivity contribution >= 4 is 17.3 Å². The second-order valence-electron chi connectivity index (χ2n) is 5.90. The summed E-state index contributed by atoms with van der Waals surface area (Å²) < 4.78 is 5.43. The Morgan fingerprint density at radius 2 is 1.88 bits per heavy atom. The van der Waals surface area contributed by atoms with Gasteiger partial charge in [-0.05, 0) is 31.4 Å². The van der Waals surface area contributed by atoms with Gasteiger partial charge in [0.2, 0.25) is 0 Å². The largest absolute Gasteiger partial charge is 0.377 e. The summed E-state index contributed by atoms with van der Waals surface area (Å²) in [5, 5.41) is 7.86. The van der Waals surface area contributed by atoms with Crippen molar-refractivity contribution in [1.29, 1.82) is 0 Å². The van der Waals surface area contributed by atoms with Gasteiger partial charge in [-0.25, -0.2) is 9.98 Å². The van der Waals surface area contributed by atoms with Crippen molar-refractivity contribution < 1.29 is 4.74 Å². The maximum atomic E-state index is 5.43. The minimum atomic E-state index is 0.654. The molecule has 0 aliphatic carbocycles. The molecular weight excluding hydrogens is 344 g/mol. The van der Waals surface area contributed by atoms with E-state index < -0.39 is 0 Å². The predicted octanol–water partition coefficient (Wildman–Crippen LogP) is 3.54. The average molecular weight is 375 g/mol. The number of hydrogen-bond donors (Lipinski definition) is 2. The van der Waals surface area contributed by atoms with Crippen LogP contribution in [0.5, 0.6) is 0 Å². The zero-order valence-electron chi connectivity index (χ0n) is 16.0. The molecule has 0 fully saturated rings. The summed E-state index contributed by atoms with van der Waals surface area (Å²) in [6.45, 7) is 9.98. The van der Waals surface area contributed by atoms with Crippen molar-refractivity contribution in [2.45, 2.75) is 46.8 Å². The lowest BCUT2D eigenvalue weighted by atomic mass is 10.1. The molecule has 1 aromatic heterocycles. The number of hydrogen-bond acceptors (Lipinski definition) is 4. The van der Waals surface area contributed by atoms with Gasteiger partial charge in [-0.3, -0.25) is 0 Å². The van der Waals surface area contributed by atoms with E-state index >= 15 is 0 Å². The number of rotatable bonds is 10. The van der Waals surface area contributed by atoms with E-state index in [0.717, 1.165) is 38.5 Å². The molecule has 2 rings (SSSR count). The molecule has 0 aliphatic heterocycles. The van der Waals surface area contributed by atoms with Crippen molar-refractivity contribution in [2.75, 3.05) is 19.7 Å². The van der Waals surface area contributed by atoms with Gasteiger partial charge in [-0.1, -0.05) is 31.2 Å².